The Morgan fingerprint density at radius 2 is 1.33 bits per heavy atom. The van der Waals surface area contributed by atoms with Crippen molar-refractivity contribution < 1.29 is 0 Å². The van der Waals surface area contributed by atoms with Crippen LogP contribution < -0.4 is 5.73 Å². The van der Waals surface area contributed by atoms with Crippen LogP contribution in [0.4, 0.5) is 0 Å². The van der Waals surface area contributed by atoms with E-state index in [1.54, 1.807) is 0 Å². The molecule has 18 heavy (non-hydrogen) atoms. The van der Waals surface area contributed by atoms with Gasteiger partial charge in [0.1, 0.15) is 0 Å². The Morgan fingerprint density at radius 3 is 1.72 bits per heavy atom. The van der Waals surface area contributed by atoms with Crippen molar-refractivity contribution in [1.29, 1.82) is 0 Å². The van der Waals surface area contributed by atoms with E-state index in [1.165, 1.54) is 11.1 Å². The first kappa shape index (κ1) is 13.9. The molecule has 0 atom stereocenters. The van der Waals surface area contributed by atoms with Crippen molar-refractivity contribution in [2.45, 2.75) is 0 Å². The first-order valence-electron chi connectivity index (χ1n) is 5.96. The molecule has 0 fully saturated rings. The predicted molar refractivity (Wildman–Crippen MR) is 81.1 cm³/mol. The van der Waals surface area contributed by atoms with Crippen molar-refractivity contribution in [2.75, 3.05) is 6.54 Å². The average molecular weight is 237 g/mol. The highest BCUT2D eigenvalue weighted by molar-refractivity contribution is 5.48. The van der Waals surface area contributed by atoms with E-state index >= 15 is 0 Å². The fourth-order valence-electron chi connectivity index (χ4n) is 1.36. The first-order chi connectivity index (χ1) is 8.86. The van der Waals surface area contributed by atoms with Gasteiger partial charge in [-0.1, -0.05) is 85.5 Å². The second-order valence-electron chi connectivity index (χ2n) is 3.66. The van der Waals surface area contributed by atoms with Gasteiger partial charge in [-0.3, -0.25) is 0 Å². The van der Waals surface area contributed by atoms with Crippen LogP contribution in [0.2, 0.25) is 0 Å². The molecule has 1 nitrogen and oxygen atoms in total. The van der Waals surface area contributed by atoms with Gasteiger partial charge in [0, 0.05) is 6.54 Å². The molecule has 0 unspecified atom stereocenters. The molecular formula is C17H19N. The van der Waals surface area contributed by atoms with E-state index in [4.69, 9.17) is 5.73 Å². The van der Waals surface area contributed by atoms with E-state index in [0.29, 0.717) is 6.54 Å². The molecule has 2 N–H and O–H groups in total. The van der Waals surface area contributed by atoms with Gasteiger partial charge in [0.15, 0.2) is 0 Å². The number of benzene rings is 2. The van der Waals surface area contributed by atoms with Crippen molar-refractivity contribution in [1.82, 2.24) is 0 Å². The highest BCUT2D eigenvalue weighted by atomic mass is 14.5. The highest BCUT2D eigenvalue weighted by Gasteiger charge is 1.79. The van der Waals surface area contributed by atoms with Gasteiger partial charge in [-0.2, -0.15) is 0 Å². The summed E-state index contributed by atoms with van der Waals surface area (Å²) in [6.07, 6.45) is 5.79. The van der Waals surface area contributed by atoms with Crippen LogP contribution in [0.15, 0.2) is 73.3 Å². The molecule has 2 aromatic rings. The zero-order valence-electron chi connectivity index (χ0n) is 10.5. The summed E-state index contributed by atoms with van der Waals surface area (Å²) in [6, 6.07) is 20.1. The average Bonchev–Trinajstić information content (AvgIpc) is 2.48. The van der Waals surface area contributed by atoms with Crippen LogP contribution in [0.1, 0.15) is 11.1 Å². The normalized spacial score (nSPS) is 9.61. The molecule has 2 rings (SSSR count). The van der Waals surface area contributed by atoms with Gasteiger partial charge in [-0.25, -0.2) is 0 Å². The minimum absolute atomic E-state index is 0.606. The van der Waals surface area contributed by atoms with Gasteiger partial charge in [0.25, 0.3) is 0 Å². The highest BCUT2D eigenvalue weighted by Crippen LogP contribution is 1.99. The second-order valence-corrected chi connectivity index (χ2v) is 3.66. The van der Waals surface area contributed by atoms with Gasteiger partial charge in [0.05, 0.1) is 0 Å². The van der Waals surface area contributed by atoms with E-state index in [9.17, 15) is 0 Å². The molecule has 0 aliphatic rings. The largest absolute Gasteiger partial charge is 0.327 e. The van der Waals surface area contributed by atoms with E-state index in [0.717, 1.165) is 0 Å². The summed E-state index contributed by atoms with van der Waals surface area (Å²) in [5.74, 6) is 0. The molecule has 0 spiro atoms. The van der Waals surface area contributed by atoms with Gasteiger partial charge in [-0.15, -0.1) is 0 Å². The van der Waals surface area contributed by atoms with E-state index < -0.39 is 0 Å². The standard InChI is InChI=1S/C9H11N.C8H8/c10-8-4-7-9-5-2-1-3-6-9;1-2-8-6-4-3-5-7-8/h1-7H,8,10H2;2-7H,1H2. The van der Waals surface area contributed by atoms with Gasteiger partial charge in [0.2, 0.25) is 0 Å². The van der Waals surface area contributed by atoms with Crippen LogP contribution in [0, 0.1) is 0 Å². The maximum Gasteiger partial charge on any atom is 0.0110 e. The summed E-state index contributed by atoms with van der Waals surface area (Å²) in [5.41, 5.74) is 7.66. The summed E-state index contributed by atoms with van der Waals surface area (Å²) in [7, 11) is 0. The molecule has 0 aliphatic carbocycles. The van der Waals surface area contributed by atoms with Crippen molar-refractivity contribution in [2.24, 2.45) is 5.73 Å². The smallest absolute Gasteiger partial charge is 0.0110 e. The lowest BCUT2D eigenvalue weighted by atomic mass is 10.2. The Kier molecular flexibility index (Phi) is 6.95. The van der Waals surface area contributed by atoms with E-state index in [2.05, 4.69) is 6.58 Å². The van der Waals surface area contributed by atoms with Gasteiger partial charge in [-0.05, 0) is 11.1 Å². The van der Waals surface area contributed by atoms with Crippen LogP contribution in [0.5, 0.6) is 0 Å². The monoisotopic (exact) mass is 237 g/mol. The Hall–Kier alpha value is -2.12. The Balaban J connectivity index is 0.000000184. The third-order valence-corrected chi connectivity index (χ3v) is 2.28. The van der Waals surface area contributed by atoms with E-state index in [1.807, 2.05) is 78.9 Å². The van der Waals surface area contributed by atoms with Crippen LogP contribution in [0.25, 0.3) is 12.2 Å². The fraction of sp³-hybridized carbons (Fsp3) is 0.0588. The molecule has 92 valence electrons. The lowest BCUT2D eigenvalue weighted by molar-refractivity contribution is 1.26. The molecule has 0 heterocycles. The molecular weight excluding hydrogens is 218 g/mol. The zero-order chi connectivity index (χ0) is 13.1. The first-order valence-corrected chi connectivity index (χ1v) is 5.96. The summed E-state index contributed by atoms with van der Waals surface area (Å²) < 4.78 is 0. The van der Waals surface area contributed by atoms with Crippen LogP contribution in [-0.2, 0) is 0 Å². The Bertz CT molecular complexity index is 457. The molecule has 2 aromatic carbocycles. The minimum Gasteiger partial charge on any atom is -0.327 e. The van der Waals surface area contributed by atoms with Crippen LogP contribution >= 0.6 is 0 Å². The van der Waals surface area contributed by atoms with Crippen molar-refractivity contribution >= 4 is 12.2 Å². The number of rotatable bonds is 3. The lowest BCUT2D eigenvalue weighted by Crippen LogP contribution is -1.91. The molecule has 0 amide bonds. The zero-order valence-corrected chi connectivity index (χ0v) is 10.5. The van der Waals surface area contributed by atoms with Crippen molar-refractivity contribution in [3.8, 4) is 0 Å². The molecule has 0 saturated heterocycles. The number of hydrogen-bond acceptors (Lipinski definition) is 1. The minimum atomic E-state index is 0.606. The van der Waals surface area contributed by atoms with Crippen LogP contribution in [0.3, 0.4) is 0 Å². The molecule has 0 bridgehead atoms. The van der Waals surface area contributed by atoms with E-state index in [-0.39, 0.29) is 0 Å². The van der Waals surface area contributed by atoms with Crippen molar-refractivity contribution in [3.05, 3.63) is 84.4 Å². The summed E-state index contributed by atoms with van der Waals surface area (Å²) >= 11 is 0. The molecule has 0 radical (unpaired) electrons. The predicted octanol–water partition coefficient (Wildman–Crippen LogP) is 3.99. The molecule has 0 saturated carbocycles. The van der Waals surface area contributed by atoms with Crippen molar-refractivity contribution in [3.63, 3.8) is 0 Å². The third-order valence-electron chi connectivity index (χ3n) is 2.28. The molecule has 0 aliphatic heterocycles. The summed E-state index contributed by atoms with van der Waals surface area (Å²) in [5, 5.41) is 0. The van der Waals surface area contributed by atoms with Gasteiger partial charge >= 0.3 is 0 Å². The number of hydrogen-bond donors (Lipinski definition) is 1. The third kappa shape index (κ3) is 5.83. The Labute approximate surface area is 109 Å². The summed E-state index contributed by atoms with van der Waals surface area (Å²) in [4.78, 5) is 0. The SMILES string of the molecule is C=Cc1ccccc1.NCC=Cc1ccccc1. The lowest BCUT2D eigenvalue weighted by Gasteiger charge is -1.88. The van der Waals surface area contributed by atoms with Gasteiger partial charge < -0.3 is 5.73 Å². The second kappa shape index (κ2) is 8.97. The quantitative estimate of drug-likeness (QED) is 0.858. The fourth-order valence-corrected chi connectivity index (χ4v) is 1.36. The Morgan fingerprint density at radius 1 is 0.833 bits per heavy atom. The maximum atomic E-state index is 5.29. The van der Waals surface area contributed by atoms with Crippen LogP contribution in [-0.4, -0.2) is 6.54 Å². The molecule has 1 heteroatoms. The maximum absolute atomic E-state index is 5.29. The molecule has 0 aromatic heterocycles. The topological polar surface area (TPSA) is 26.0 Å². The number of nitrogens with two attached hydrogens (primary N) is 1. The summed E-state index contributed by atoms with van der Waals surface area (Å²) in [6.45, 7) is 4.24.